The number of nitrogens with zero attached hydrogens (tertiary/aromatic N) is 1. The maximum atomic E-state index is 10.3. The molecule has 1 saturated carbocycles. The van der Waals surface area contributed by atoms with Crippen LogP contribution in [0.2, 0.25) is 0 Å². The molecule has 0 aromatic heterocycles. The number of hydrogen-bond acceptors (Lipinski definition) is 2. The van der Waals surface area contributed by atoms with Gasteiger partial charge in [-0.3, -0.25) is 10.1 Å². The average Bonchev–Trinajstić information content (AvgIpc) is 2.02. The van der Waals surface area contributed by atoms with Gasteiger partial charge in [-0.25, -0.2) is 0 Å². The Bertz CT molecular complexity index is 314. The summed E-state index contributed by atoms with van der Waals surface area (Å²) in [6, 6.07) is 7.82. The molecule has 0 spiro atoms. The van der Waals surface area contributed by atoms with Gasteiger partial charge in [-0.15, -0.1) is 0 Å². The first-order chi connectivity index (χ1) is 6.27. The third kappa shape index (κ3) is 1.54. The standard InChI is InChI=1S/C10H10NO2/c12-11(13)10-6-4-9(5-7-10)8-2-1-3-8/h4-6,8H,1-3H2. The molecule has 1 radical (unpaired) electrons. The van der Waals surface area contributed by atoms with Crippen LogP contribution in [0.3, 0.4) is 0 Å². The molecule has 0 unspecified atom stereocenters. The molecule has 0 aliphatic heterocycles. The number of benzene rings is 1. The van der Waals surface area contributed by atoms with Crippen molar-refractivity contribution < 1.29 is 4.92 Å². The molecular formula is C10H10NO2. The van der Waals surface area contributed by atoms with Crippen molar-refractivity contribution in [2.45, 2.75) is 25.2 Å². The lowest BCUT2D eigenvalue weighted by atomic mass is 9.80. The van der Waals surface area contributed by atoms with Gasteiger partial charge in [0, 0.05) is 6.07 Å². The van der Waals surface area contributed by atoms with Crippen LogP contribution in [-0.2, 0) is 0 Å². The van der Waals surface area contributed by atoms with Crippen LogP contribution >= 0.6 is 0 Å². The first-order valence-corrected chi connectivity index (χ1v) is 4.43. The summed E-state index contributed by atoms with van der Waals surface area (Å²) in [4.78, 5) is 9.93. The zero-order chi connectivity index (χ0) is 9.26. The maximum absolute atomic E-state index is 10.3. The lowest BCUT2D eigenvalue weighted by molar-refractivity contribution is -0.385. The average molecular weight is 176 g/mol. The number of nitro groups is 1. The Morgan fingerprint density at radius 2 is 2.23 bits per heavy atom. The van der Waals surface area contributed by atoms with Gasteiger partial charge in [0.05, 0.1) is 11.0 Å². The van der Waals surface area contributed by atoms with Gasteiger partial charge in [0.25, 0.3) is 5.69 Å². The molecule has 1 aromatic carbocycles. The molecule has 0 bridgehead atoms. The minimum absolute atomic E-state index is 0.0584. The highest BCUT2D eigenvalue weighted by Crippen LogP contribution is 2.36. The molecule has 0 amide bonds. The van der Waals surface area contributed by atoms with Gasteiger partial charge in [-0.2, -0.15) is 0 Å². The number of non-ortho nitro benzene ring substituents is 1. The van der Waals surface area contributed by atoms with Crippen LogP contribution in [0.25, 0.3) is 0 Å². The predicted molar refractivity (Wildman–Crippen MR) is 48.5 cm³/mol. The summed E-state index contributed by atoms with van der Waals surface area (Å²) in [6.07, 6.45) is 3.71. The largest absolute Gasteiger partial charge is 0.277 e. The first kappa shape index (κ1) is 8.23. The fraction of sp³-hybridized carbons (Fsp3) is 0.400. The molecule has 0 N–H and O–H groups in total. The monoisotopic (exact) mass is 176 g/mol. The van der Waals surface area contributed by atoms with Crippen molar-refractivity contribution in [3.05, 3.63) is 39.9 Å². The molecule has 1 aromatic rings. The molecule has 2 rings (SSSR count). The second-order valence-corrected chi connectivity index (χ2v) is 3.39. The Balaban J connectivity index is 2.17. The van der Waals surface area contributed by atoms with Gasteiger partial charge in [-0.05, 0) is 30.4 Å². The van der Waals surface area contributed by atoms with Crippen LogP contribution in [0.4, 0.5) is 5.69 Å². The van der Waals surface area contributed by atoms with Crippen LogP contribution in [0.5, 0.6) is 0 Å². The zero-order valence-corrected chi connectivity index (χ0v) is 7.19. The molecule has 0 saturated heterocycles. The fourth-order valence-electron chi connectivity index (χ4n) is 1.54. The minimum Gasteiger partial charge on any atom is -0.258 e. The first-order valence-electron chi connectivity index (χ1n) is 4.43. The Kier molecular flexibility index (Phi) is 2.00. The Hall–Kier alpha value is -1.38. The van der Waals surface area contributed by atoms with E-state index in [-0.39, 0.29) is 5.69 Å². The van der Waals surface area contributed by atoms with Gasteiger partial charge in [0.15, 0.2) is 0 Å². The SMILES string of the molecule is O=[N+]([O-])c1[c]cc(C2CCC2)cc1. The Morgan fingerprint density at radius 3 is 2.62 bits per heavy atom. The van der Waals surface area contributed by atoms with Crippen LogP contribution in [0.1, 0.15) is 30.7 Å². The van der Waals surface area contributed by atoms with Crippen molar-refractivity contribution in [2.75, 3.05) is 0 Å². The van der Waals surface area contributed by atoms with Crippen molar-refractivity contribution >= 4 is 5.69 Å². The van der Waals surface area contributed by atoms with E-state index < -0.39 is 4.92 Å². The molecule has 13 heavy (non-hydrogen) atoms. The molecule has 1 aliphatic rings. The van der Waals surface area contributed by atoms with Crippen molar-refractivity contribution in [3.63, 3.8) is 0 Å². The molecule has 0 atom stereocenters. The third-order valence-electron chi connectivity index (χ3n) is 2.59. The fourth-order valence-corrected chi connectivity index (χ4v) is 1.54. The predicted octanol–water partition coefficient (Wildman–Crippen LogP) is 2.66. The van der Waals surface area contributed by atoms with E-state index in [1.165, 1.54) is 30.9 Å². The van der Waals surface area contributed by atoms with E-state index in [9.17, 15) is 10.1 Å². The molecule has 0 heterocycles. The summed E-state index contributed by atoms with van der Waals surface area (Å²) in [5.74, 6) is 0.622. The summed E-state index contributed by atoms with van der Waals surface area (Å²) < 4.78 is 0. The molecule has 3 nitrogen and oxygen atoms in total. The van der Waals surface area contributed by atoms with E-state index in [0.717, 1.165) is 0 Å². The quantitative estimate of drug-likeness (QED) is 0.513. The summed E-state index contributed by atoms with van der Waals surface area (Å²) in [7, 11) is 0. The van der Waals surface area contributed by atoms with E-state index in [0.29, 0.717) is 5.92 Å². The van der Waals surface area contributed by atoms with Crippen molar-refractivity contribution in [2.24, 2.45) is 0 Å². The lowest BCUT2D eigenvalue weighted by Crippen LogP contribution is -2.08. The molecular weight excluding hydrogens is 166 g/mol. The molecule has 67 valence electrons. The van der Waals surface area contributed by atoms with Crippen molar-refractivity contribution in [3.8, 4) is 0 Å². The van der Waals surface area contributed by atoms with E-state index in [2.05, 4.69) is 6.07 Å². The second-order valence-electron chi connectivity index (χ2n) is 3.39. The number of rotatable bonds is 2. The van der Waals surface area contributed by atoms with E-state index in [1.54, 1.807) is 6.07 Å². The highest BCUT2D eigenvalue weighted by Gasteiger charge is 2.19. The summed E-state index contributed by atoms with van der Waals surface area (Å²) in [6.45, 7) is 0. The zero-order valence-electron chi connectivity index (χ0n) is 7.19. The van der Waals surface area contributed by atoms with E-state index in [4.69, 9.17) is 0 Å². The van der Waals surface area contributed by atoms with Gasteiger partial charge in [0.1, 0.15) is 0 Å². The minimum atomic E-state index is -0.412. The lowest BCUT2D eigenvalue weighted by Gasteiger charge is -2.25. The normalized spacial score (nSPS) is 16.6. The summed E-state index contributed by atoms with van der Waals surface area (Å²) >= 11 is 0. The second kappa shape index (κ2) is 3.17. The number of hydrogen-bond donors (Lipinski definition) is 0. The highest BCUT2D eigenvalue weighted by atomic mass is 16.6. The van der Waals surface area contributed by atoms with Gasteiger partial charge in [0.2, 0.25) is 0 Å². The van der Waals surface area contributed by atoms with Crippen LogP contribution in [0.15, 0.2) is 18.2 Å². The maximum Gasteiger partial charge on any atom is 0.277 e. The van der Waals surface area contributed by atoms with Gasteiger partial charge >= 0.3 is 0 Å². The summed E-state index contributed by atoms with van der Waals surface area (Å²) in [5, 5.41) is 10.3. The van der Waals surface area contributed by atoms with Gasteiger partial charge < -0.3 is 0 Å². The van der Waals surface area contributed by atoms with E-state index >= 15 is 0 Å². The van der Waals surface area contributed by atoms with Crippen LogP contribution < -0.4 is 0 Å². The highest BCUT2D eigenvalue weighted by molar-refractivity contribution is 5.33. The number of nitro benzene ring substituents is 1. The smallest absolute Gasteiger partial charge is 0.258 e. The topological polar surface area (TPSA) is 43.1 Å². The third-order valence-corrected chi connectivity index (χ3v) is 2.59. The van der Waals surface area contributed by atoms with Crippen LogP contribution in [-0.4, -0.2) is 4.92 Å². The van der Waals surface area contributed by atoms with Crippen LogP contribution in [0, 0.1) is 16.2 Å². The Labute approximate surface area is 76.5 Å². The Morgan fingerprint density at radius 1 is 1.46 bits per heavy atom. The molecule has 1 fully saturated rings. The molecule has 1 aliphatic carbocycles. The summed E-state index contributed by atoms with van der Waals surface area (Å²) in [5.41, 5.74) is 1.25. The van der Waals surface area contributed by atoms with E-state index in [1.807, 2.05) is 6.07 Å². The van der Waals surface area contributed by atoms with Crippen molar-refractivity contribution in [1.29, 1.82) is 0 Å². The van der Waals surface area contributed by atoms with Gasteiger partial charge in [-0.1, -0.05) is 12.5 Å². The van der Waals surface area contributed by atoms with Crippen molar-refractivity contribution in [1.82, 2.24) is 0 Å². The molecule has 3 heteroatoms.